The molecular weight excluding hydrogens is 767 g/mol. The number of furan rings is 2. The first-order valence-electron chi connectivity index (χ1n) is 21.4. The van der Waals surface area contributed by atoms with Crippen molar-refractivity contribution in [1.29, 1.82) is 0 Å². The molecule has 0 aliphatic rings. The second-order valence-electron chi connectivity index (χ2n) is 16.1. The Morgan fingerprint density at radius 2 is 0.698 bits per heavy atom. The maximum absolute atomic E-state index is 6.51. The zero-order valence-corrected chi connectivity index (χ0v) is 34.3. The first-order valence-corrected chi connectivity index (χ1v) is 21.4. The van der Waals surface area contributed by atoms with E-state index in [2.05, 4.69) is 223 Å². The molecule has 0 unspecified atom stereocenters. The Bertz CT molecular complexity index is 3590. The van der Waals surface area contributed by atoms with E-state index in [-0.39, 0.29) is 0 Å². The molecule has 0 N–H and O–H groups in total. The number of para-hydroxylation sites is 2. The molecule has 0 aliphatic heterocycles. The lowest BCUT2D eigenvalue weighted by molar-refractivity contribution is 0.669. The first kappa shape index (κ1) is 36.5. The molecule has 296 valence electrons. The maximum Gasteiger partial charge on any atom is 0.143 e. The number of anilines is 3. The Kier molecular flexibility index (Phi) is 8.83. The van der Waals surface area contributed by atoms with Gasteiger partial charge in [0.15, 0.2) is 0 Å². The zero-order valence-electron chi connectivity index (χ0n) is 34.3. The lowest BCUT2D eigenvalue weighted by Gasteiger charge is -2.27. The van der Waals surface area contributed by atoms with Crippen molar-refractivity contribution in [1.82, 2.24) is 0 Å². The Morgan fingerprint density at radius 1 is 0.238 bits per heavy atom. The molecule has 0 spiro atoms. The van der Waals surface area contributed by atoms with Gasteiger partial charge in [-0.3, -0.25) is 0 Å². The van der Waals surface area contributed by atoms with Crippen LogP contribution in [0.15, 0.2) is 245 Å². The Morgan fingerprint density at radius 3 is 1.32 bits per heavy atom. The summed E-state index contributed by atoms with van der Waals surface area (Å²) in [6, 6.07) is 84.2. The minimum Gasteiger partial charge on any atom is -0.456 e. The average Bonchev–Trinajstić information content (AvgIpc) is 3.93. The largest absolute Gasteiger partial charge is 0.456 e. The Hall–Kier alpha value is -8.40. The van der Waals surface area contributed by atoms with Gasteiger partial charge in [-0.25, -0.2) is 0 Å². The summed E-state index contributed by atoms with van der Waals surface area (Å²) in [5, 5.41) is 4.48. The Labute approximate surface area is 365 Å². The smallest absolute Gasteiger partial charge is 0.143 e. The van der Waals surface area contributed by atoms with Crippen LogP contribution in [-0.2, 0) is 0 Å². The predicted octanol–water partition coefficient (Wildman–Crippen LogP) is 17.3. The molecule has 10 aromatic carbocycles. The molecule has 3 heteroatoms. The van der Waals surface area contributed by atoms with E-state index in [4.69, 9.17) is 8.83 Å². The van der Waals surface area contributed by atoms with Crippen LogP contribution in [0.25, 0.3) is 99.5 Å². The van der Waals surface area contributed by atoms with Crippen LogP contribution in [0.4, 0.5) is 17.1 Å². The maximum atomic E-state index is 6.51. The summed E-state index contributed by atoms with van der Waals surface area (Å²) in [6.45, 7) is 0. The van der Waals surface area contributed by atoms with Crippen molar-refractivity contribution in [2.24, 2.45) is 0 Å². The Balaban J connectivity index is 0.956. The molecule has 0 fully saturated rings. The van der Waals surface area contributed by atoms with Crippen molar-refractivity contribution in [2.45, 2.75) is 0 Å². The zero-order chi connectivity index (χ0) is 41.7. The standard InChI is InChI=1S/C60H39NO2/c1-4-13-42(14-5-1)50-34-33-49(39-54(50)44-17-8-3-9-18-44)61(47-29-23-40(24-30-47)45-27-35-58-55(37-45)52-19-10-11-22-57(52)62-58)48-31-25-41(26-32-48)46-28-36-59-56(38-46)53-21-12-20-51(60(53)63-59)43-15-6-2-7-16-43/h1-39H. The number of hydrogen-bond acceptors (Lipinski definition) is 3. The van der Waals surface area contributed by atoms with Crippen molar-refractivity contribution in [3.05, 3.63) is 237 Å². The first-order chi connectivity index (χ1) is 31.2. The van der Waals surface area contributed by atoms with E-state index in [1.165, 1.54) is 22.3 Å². The molecule has 12 rings (SSSR count). The van der Waals surface area contributed by atoms with Gasteiger partial charge in [-0.2, -0.15) is 0 Å². The number of hydrogen-bond donors (Lipinski definition) is 0. The van der Waals surface area contributed by atoms with Gasteiger partial charge in [0, 0.05) is 44.2 Å². The van der Waals surface area contributed by atoms with Crippen molar-refractivity contribution < 1.29 is 8.83 Å². The van der Waals surface area contributed by atoms with Gasteiger partial charge in [0.25, 0.3) is 0 Å². The molecule has 3 nitrogen and oxygen atoms in total. The van der Waals surface area contributed by atoms with Gasteiger partial charge >= 0.3 is 0 Å². The van der Waals surface area contributed by atoms with E-state index in [1.807, 2.05) is 18.2 Å². The van der Waals surface area contributed by atoms with E-state index >= 15 is 0 Å². The highest BCUT2D eigenvalue weighted by atomic mass is 16.3. The molecule has 2 heterocycles. The normalized spacial score (nSPS) is 11.5. The van der Waals surface area contributed by atoms with Gasteiger partial charge in [0.05, 0.1) is 0 Å². The number of nitrogens with zero attached hydrogens (tertiary/aromatic N) is 1. The molecule has 0 amide bonds. The molecule has 0 saturated heterocycles. The van der Waals surface area contributed by atoms with Crippen LogP contribution in [0.5, 0.6) is 0 Å². The van der Waals surface area contributed by atoms with Gasteiger partial charge in [-0.05, 0) is 117 Å². The quantitative estimate of drug-likeness (QED) is 0.153. The summed E-state index contributed by atoms with van der Waals surface area (Å²) in [6.07, 6.45) is 0. The highest BCUT2D eigenvalue weighted by Gasteiger charge is 2.18. The third-order valence-corrected chi connectivity index (χ3v) is 12.3. The van der Waals surface area contributed by atoms with Crippen LogP contribution in [0.2, 0.25) is 0 Å². The van der Waals surface area contributed by atoms with Crippen molar-refractivity contribution >= 4 is 60.9 Å². The monoisotopic (exact) mass is 805 g/mol. The fourth-order valence-electron chi connectivity index (χ4n) is 9.18. The summed E-state index contributed by atoms with van der Waals surface area (Å²) in [5.74, 6) is 0. The number of benzene rings is 10. The average molecular weight is 806 g/mol. The van der Waals surface area contributed by atoms with Crippen LogP contribution in [0, 0.1) is 0 Å². The van der Waals surface area contributed by atoms with E-state index in [0.717, 1.165) is 94.3 Å². The van der Waals surface area contributed by atoms with Crippen LogP contribution < -0.4 is 4.90 Å². The molecule has 0 radical (unpaired) electrons. The minimum atomic E-state index is 0.884. The SMILES string of the molecule is c1ccc(-c2ccc(N(c3ccc(-c4ccc5oc6ccccc6c5c4)cc3)c3ccc(-c4ccc5oc6c(-c7ccccc7)cccc6c5c4)cc3)cc2-c2ccccc2)cc1. The molecule has 63 heavy (non-hydrogen) atoms. The van der Waals surface area contributed by atoms with Gasteiger partial charge in [0.2, 0.25) is 0 Å². The lowest BCUT2D eigenvalue weighted by Crippen LogP contribution is -2.10. The minimum absolute atomic E-state index is 0.884. The highest BCUT2D eigenvalue weighted by molar-refractivity contribution is 6.11. The molecule has 12 aromatic rings. The van der Waals surface area contributed by atoms with Crippen LogP contribution >= 0.6 is 0 Å². The van der Waals surface area contributed by atoms with E-state index in [9.17, 15) is 0 Å². The van der Waals surface area contributed by atoms with Crippen molar-refractivity contribution in [2.75, 3.05) is 4.90 Å². The second kappa shape index (κ2) is 15.3. The molecular formula is C60H39NO2. The van der Waals surface area contributed by atoms with Crippen LogP contribution in [0.1, 0.15) is 0 Å². The van der Waals surface area contributed by atoms with E-state index < -0.39 is 0 Å². The van der Waals surface area contributed by atoms with E-state index in [0.29, 0.717) is 0 Å². The third-order valence-electron chi connectivity index (χ3n) is 12.3. The van der Waals surface area contributed by atoms with Gasteiger partial charge in [-0.1, -0.05) is 170 Å². The molecule has 0 atom stereocenters. The van der Waals surface area contributed by atoms with Crippen molar-refractivity contribution in [3.8, 4) is 55.6 Å². The molecule has 0 bridgehead atoms. The molecule has 0 saturated carbocycles. The van der Waals surface area contributed by atoms with Gasteiger partial charge < -0.3 is 13.7 Å². The summed E-state index contributed by atoms with van der Waals surface area (Å²) >= 11 is 0. The van der Waals surface area contributed by atoms with Crippen LogP contribution in [0.3, 0.4) is 0 Å². The number of fused-ring (bicyclic) bond motifs is 6. The lowest BCUT2D eigenvalue weighted by atomic mass is 9.93. The van der Waals surface area contributed by atoms with E-state index in [1.54, 1.807) is 0 Å². The fourth-order valence-corrected chi connectivity index (χ4v) is 9.18. The van der Waals surface area contributed by atoms with Gasteiger partial charge in [-0.15, -0.1) is 0 Å². The summed E-state index contributed by atoms with van der Waals surface area (Å²) in [5.41, 5.74) is 18.3. The highest BCUT2D eigenvalue weighted by Crippen LogP contribution is 2.43. The summed E-state index contributed by atoms with van der Waals surface area (Å²) in [4.78, 5) is 2.36. The second-order valence-corrected chi connectivity index (χ2v) is 16.1. The van der Waals surface area contributed by atoms with Crippen LogP contribution in [-0.4, -0.2) is 0 Å². The topological polar surface area (TPSA) is 29.5 Å². The fraction of sp³-hybridized carbons (Fsp3) is 0. The third kappa shape index (κ3) is 6.55. The molecule has 2 aromatic heterocycles. The number of rotatable bonds is 8. The predicted molar refractivity (Wildman–Crippen MR) is 263 cm³/mol. The summed E-state index contributed by atoms with van der Waals surface area (Å²) < 4.78 is 12.7. The van der Waals surface area contributed by atoms with Gasteiger partial charge in [0.1, 0.15) is 22.3 Å². The molecule has 0 aliphatic carbocycles. The summed E-state index contributed by atoms with van der Waals surface area (Å²) in [7, 11) is 0. The van der Waals surface area contributed by atoms with Crippen molar-refractivity contribution in [3.63, 3.8) is 0 Å².